The van der Waals surface area contributed by atoms with E-state index < -0.39 is 6.29 Å². The highest BCUT2D eigenvalue weighted by atomic mass is 32.2. The molecule has 1 unspecified atom stereocenters. The molecule has 1 aromatic heterocycles. The lowest BCUT2D eigenvalue weighted by Gasteiger charge is -2.36. The number of ether oxygens (including phenoxy) is 2. The Morgan fingerprint density at radius 3 is 2.31 bits per heavy atom. The summed E-state index contributed by atoms with van der Waals surface area (Å²) in [6, 6.07) is 21.9. The molecule has 0 radical (unpaired) electrons. The van der Waals surface area contributed by atoms with Gasteiger partial charge in [0, 0.05) is 53.6 Å². The molecular formula is C31H36N2O5S. The van der Waals surface area contributed by atoms with Crippen LogP contribution in [-0.4, -0.2) is 40.2 Å². The van der Waals surface area contributed by atoms with Gasteiger partial charge in [-0.2, -0.15) is 0 Å². The second-order valence-corrected chi connectivity index (χ2v) is 10.7. The number of aliphatic hydroxyl groups is 1. The van der Waals surface area contributed by atoms with E-state index >= 15 is 0 Å². The van der Waals surface area contributed by atoms with E-state index in [4.69, 9.17) is 14.6 Å². The fourth-order valence-electron chi connectivity index (χ4n) is 4.46. The number of nitrogens with one attached hydrogen (secondary N) is 1. The number of carbonyl (C=O) groups excluding carboxylic acids is 2. The van der Waals surface area contributed by atoms with Gasteiger partial charge in [0.15, 0.2) is 12.1 Å². The Hall–Kier alpha value is -3.04. The summed E-state index contributed by atoms with van der Waals surface area (Å²) in [7, 11) is 0. The van der Waals surface area contributed by atoms with E-state index in [1.165, 1.54) is 0 Å². The number of hydrogen-bond acceptors (Lipinski definition) is 7. The maximum absolute atomic E-state index is 12.4. The molecular weight excluding hydrogens is 512 g/mol. The molecule has 4 rings (SSSR count). The SMILES string of the molecule is O=C(CO)CCCCCCC(=O)Nc1ccc(C2O[C@@H](CSc3ccncc3)C[C@@H](c3ccccc3)O2)cc1. The molecule has 7 nitrogen and oxygen atoms in total. The second kappa shape index (κ2) is 15.5. The minimum Gasteiger partial charge on any atom is -0.389 e. The van der Waals surface area contributed by atoms with Crippen LogP contribution in [0.4, 0.5) is 5.69 Å². The van der Waals surface area contributed by atoms with Crippen LogP contribution in [0.5, 0.6) is 0 Å². The van der Waals surface area contributed by atoms with Crippen molar-refractivity contribution in [1.82, 2.24) is 4.98 Å². The summed E-state index contributed by atoms with van der Waals surface area (Å²) in [5.41, 5.74) is 2.77. The van der Waals surface area contributed by atoms with E-state index in [0.717, 1.165) is 59.6 Å². The molecule has 39 heavy (non-hydrogen) atoms. The van der Waals surface area contributed by atoms with Crippen molar-refractivity contribution < 1.29 is 24.2 Å². The van der Waals surface area contributed by atoms with Crippen molar-refractivity contribution in [3.05, 3.63) is 90.3 Å². The normalized spacial score (nSPS) is 18.9. The third-order valence-electron chi connectivity index (χ3n) is 6.59. The molecule has 0 bridgehead atoms. The van der Waals surface area contributed by atoms with Gasteiger partial charge < -0.3 is 19.9 Å². The van der Waals surface area contributed by atoms with Crippen LogP contribution in [0, 0.1) is 0 Å². The number of hydrogen-bond donors (Lipinski definition) is 2. The van der Waals surface area contributed by atoms with E-state index in [-0.39, 0.29) is 30.5 Å². The van der Waals surface area contributed by atoms with E-state index in [1.807, 2.05) is 54.6 Å². The molecule has 0 saturated carbocycles. The zero-order valence-electron chi connectivity index (χ0n) is 22.0. The van der Waals surface area contributed by atoms with Crippen LogP contribution >= 0.6 is 11.8 Å². The van der Waals surface area contributed by atoms with Crippen molar-refractivity contribution in [3.8, 4) is 0 Å². The predicted octanol–water partition coefficient (Wildman–Crippen LogP) is 6.26. The molecule has 8 heteroatoms. The largest absolute Gasteiger partial charge is 0.389 e. The number of nitrogens with zero attached hydrogens (tertiary/aromatic N) is 1. The summed E-state index contributed by atoms with van der Waals surface area (Å²) in [5, 5.41) is 11.7. The molecule has 1 aliphatic rings. The first kappa shape index (κ1) is 29.0. The van der Waals surface area contributed by atoms with Gasteiger partial charge in [-0.15, -0.1) is 11.8 Å². The van der Waals surface area contributed by atoms with Crippen LogP contribution in [0.15, 0.2) is 84.0 Å². The van der Waals surface area contributed by atoms with Crippen LogP contribution in [0.1, 0.15) is 68.5 Å². The Bertz CT molecular complexity index is 1160. The van der Waals surface area contributed by atoms with Crippen molar-refractivity contribution in [1.29, 1.82) is 0 Å². The molecule has 1 saturated heterocycles. The van der Waals surface area contributed by atoms with Crippen LogP contribution < -0.4 is 5.32 Å². The lowest BCUT2D eigenvalue weighted by molar-refractivity contribution is -0.245. The van der Waals surface area contributed by atoms with Crippen LogP contribution in [0.3, 0.4) is 0 Å². The van der Waals surface area contributed by atoms with Gasteiger partial charge in [-0.05, 0) is 42.7 Å². The number of amides is 1. The smallest absolute Gasteiger partial charge is 0.224 e. The molecule has 1 amide bonds. The van der Waals surface area contributed by atoms with Crippen LogP contribution in [0.2, 0.25) is 0 Å². The Morgan fingerprint density at radius 1 is 0.872 bits per heavy atom. The number of carbonyl (C=O) groups is 2. The van der Waals surface area contributed by atoms with Crippen molar-refractivity contribution in [2.45, 2.75) is 68.3 Å². The van der Waals surface area contributed by atoms with Crippen molar-refractivity contribution in [3.63, 3.8) is 0 Å². The number of pyridine rings is 1. The van der Waals surface area contributed by atoms with Gasteiger partial charge in [0.25, 0.3) is 0 Å². The highest BCUT2D eigenvalue weighted by Crippen LogP contribution is 2.39. The minimum atomic E-state index is -0.505. The molecule has 2 N–H and O–H groups in total. The summed E-state index contributed by atoms with van der Waals surface area (Å²) in [4.78, 5) is 28.7. The fraction of sp³-hybridized carbons (Fsp3) is 0.387. The van der Waals surface area contributed by atoms with Gasteiger partial charge in [-0.25, -0.2) is 0 Å². The van der Waals surface area contributed by atoms with Gasteiger partial charge >= 0.3 is 0 Å². The molecule has 3 atom stereocenters. The highest BCUT2D eigenvalue weighted by molar-refractivity contribution is 7.99. The monoisotopic (exact) mass is 548 g/mol. The number of ketones is 1. The minimum absolute atomic E-state index is 0.00765. The standard InChI is InChI=1S/C31H36N2O5S/c34-21-26(35)10-6-1-2-7-11-30(36)33-25-14-12-24(13-15-25)31-37-27(22-39-28-16-18-32-19-17-28)20-29(38-31)23-8-4-3-5-9-23/h3-5,8-9,12-19,27,29,31,34H,1-2,6-7,10-11,20-22H2,(H,33,36)/t27-,29+,31?/m1/s1. The third-order valence-corrected chi connectivity index (χ3v) is 7.73. The van der Waals surface area contributed by atoms with E-state index in [0.29, 0.717) is 12.8 Å². The number of aliphatic hydroxyl groups excluding tert-OH is 1. The molecule has 2 aromatic carbocycles. The molecule has 1 fully saturated rings. The van der Waals surface area contributed by atoms with Crippen molar-refractivity contribution in [2.24, 2.45) is 0 Å². The quantitative estimate of drug-likeness (QED) is 0.181. The molecule has 206 valence electrons. The number of thioether (sulfide) groups is 1. The zero-order valence-corrected chi connectivity index (χ0v) is 22.9. The lowest BCUT2D eigenvalue weighted by atomic mass is 10.0. The Labute approximate surface area is 234 Å². The molecule has 0 aliphatic carbocycles. The predicted molar refractivity (Wildman–Crippen MR) is 152 cm³/mol. The first-order valence-electron chi connectivity index (χ1n) is 13.5. The molecule has 2 heterocycles. The number of Topliss-reactive ketones (excluding diaryl/α,β-unsaturated/α-hetero) is 1. The molecule has 0 spiro atoms. The van der Waals surface area contributed by atoms with E-state index in [9.17, 15) is 9.59 Å². The van der Waals surface area contributed by atoms with E-state index in [1.54, 1.807) is 24.2 Å². The number of anilines is 1. The zero-order chi connectivity index (χ0) is 27.3. The fourth-order valence-corrected chi connectivity index (χ4v) is 5.37. The summed E-state index contributed by atoms with van der Waals surface area (Å²) >= 11 is 1.75. The maximum Gasteiger partial charge on any atom is 0.224 e. The van der Waals surface area contributed by atoms with Gasteiger partial charge in [0.2, 0.25) is 5.91 Å². The second-order valence-electron chi connectivity index (χ2n) is 9.64. The summed E-state index contributed by atoms with van der Waals surface area (Å²) < 4.78 is 12.8. The molecule has 3 aromatic rings. The maximum atomic E-state index is 12.4. The lowest BCUT2D eigenvalue weighted by Crippen LogP contribution is -2.31. The Morgan fingerprint density at radius 2 is 1.59 bits per heavy atom. The summed E-state index contributed by atoms with van der Waals surface area (Å²) in [6.45, 7) is -0.389. The van der Waals surface area contributed by atoms with Gasteiger partial charge in [0.1, 0.15) is 6.61 Å². The average Bonchev–Trinajstić information content (AvgIpc) is 2.99. The van der Waals surface area contributed by atoms with Gasteiger partial charge in [0.05, 0.1) is 12.2 Å². The summed E-state index contributed by atoms with van der Waals surface area (Å²) in [5.74, 6) is 0.644. The van der Waals surface area contributed by atoms with E-state index in [2.05, 4.69) is 22.4 Å². The number of unbranched alkanes of at least 4 members (excludes halogenated alkanes) is 3. The number of benzene rings is 2. The number of rotatable bonds is 14. The first-order valence-corrected chi connectivity index (χ1v) is 14.5. The van der Waals surface area contributed by atoms with Gasteiger partial charge in [-0.1, -0.05) is 55.3 Å². The first-order chi connectivity index (χ1) is 19.1. The molecule has 1 aliphatic heterocycles. The van der Waals surface area contributed by atoms with Gasteiger partial charge in [-0.3, -0.25) is 14.6 Å². The van der Waals surface area contributed by atoms with Crippen LogP contribution in [0.25, 0.3) is 0 Å². The highest BCUT2D eigenvalue weighted by Gasteiger charge is 2.32. The van der Waals surface area contributed by atoms with Crippen LogP contribution in [-0.2, 0) is 19.1 Å². The summed E-state index contributed by atoms with van der Waals surface area (Å²) in [6.07, 6.45) is 7.90. The third kappa shape index (κ3) is 9.58. The van der Waals surface area contributed by atoms with Crippen molar-refractivity contribution >= 4 is 29.1 Å². The Kier molecular flexibility index (Phi) is 11.5. The topological polar surface area (TPSA) is 97.8 Å². The van der Waals surface area contributed by atoms with Crippen molar-refractivity contribution in [2.75, 3.05) is 17.7 Å². The average molecular weight is 549 g/mol. The number of aromatic nitrogens is 1. The Balaban J connectivity index is 1.30.